The van der Waals surface area contributed by atoms with Gasteiger partial charge in [-0.1, -0.05) is 59.6 Å². The second kappa shape index (κ2) is 9.47. The maximum Gasteiger partial charge on any atom is 0.373 e. The highest BCUT2D eigenvalue weighted by molar-refractivity contribution is 7.11. The highest BCUT2D eigenvalue weighted by Gasteiger charge is 2.37. The summed E-state index contributed by atoms with van der Waals surface area (Å²) in [7, 11) is 0. The molecule has 0 aliphatic heterocycles. The van der Waals surface area contributed by atoms with E-state index in [1.54, 1.807) is 0 Å². The van der Waals surface area contributed by atoms with Crippen molar-refractivity contribution in [1.29, 1.82) is 0 Å². The van der Waals surface area contributed by atoms with Gasteiger partial charge in [0, 0.05) is 6.54 Å². The maximum absolute atomic E-state index is 12.2. The number of benzene rings is 2. The smallest absolute Gasteiger partial charge is 0.373 e. The lowest BCUT2D eigenvalue weighted by atomic mass is 10.3. The fourth-order valence-corrected chi connectivity index (χ4v) is 3.87. The van der Waals surface area contributed by atoms with Gasteiger partial charge in [0.2, 0.25) is 0 Å². The third-order valence-corrected chi connectivity index (χ3v) is 5.68. The first-order chi connectivity index (χ1) is 13.5. The number of aromatic nitrogens is 1. The van der Waals surface area contributed by atoms with Crippen LogP contribution in [0.2, 0.25) is 9.36 Å². The Morgan fingerprint density at radius 1 is 0.964 bits per heavy atom. The van der Waals surface area contributed by atoms with E-state index < -0.39 is 5.97 Å². The van der Waals surface area contributed by atoms with Crippen molar-refractivity contribution < 1.29 is 14.2 Å². The average molecular weight is 440 g/mol. The Morgan fingerprint density at radius 3 is 1.93 bits per heavy atom. The van der Waals surface area contributed by atoms with Crippen molar-refractivity contribution in [3.05, 3.63) is 80.4 Å². The minimum atomic E-state index is -1.43. The third-order valence-electron chi connectivity index (χ3n) is 3.80. The lowest BCUT2D eigenvalue weighted by molar-refractivity contribution is -0.304. The van der Waals surface area contributed by atoms with Crippen molar-refractivity contribution in [3.8, 4) is 11.5 Å². The Balaban J connectivity index is 1.90. The van der Waals surface area contributed by atoms with Crippen LogP contribution in [0, 0.1) is 0 Å². The van der Waals surface area contributed by atoms with E-state index in [0.717, 1.165) is 11.5 Å². The molecular formula is C20H19Cl2NO4S. The number of ether oxygens (including phenoxy) is 3. The van der Waals surface area contributed by atoms with Crippen LogP contribution in [0.25, 0.3) is 0 Å². The molecule has 0 bridgehead atoms. The monoisotopic (exact) mass is 439 g/mol. The van der Waals surface area contributed by atoms with E-state index in [1.807, 2.05) is 67.6 Å². The van der Waals surface area contributed by atoms with Gasteiger partial charge in [0.15, 0.2) is 0 Å². The first-order valence-electron chi connectivity index (χ1n) is 8.70. The summed E-state index contributed by atoms with van der Waals surface area (Å²) in [6, 6.07) is 18.5. The Kier molecular flexibility index (Phi) is 7.02. The van der Waals surface area contributed by atoms with Gasteiger partial charge in [0.05, 0.1) is 13.0 Å². The number of para-hydroxylation sites is 2. The number of hydrogen-bond donors (Lipinski definition) is 0. The highest BCUT2D eigenvalue weighted by Crippen LogP contribution is 2.29. The van der Waals surface area contributed by atoms with Crippen LogP contribution in [0.5, 0.6) is 11.5 Å². The second-order valence-electron chi connectivity index (χ2n) is 5.78. The quantitative estimate of drug-likeness (QED) is 0.415. The van der Waals surface area contributed by atoms with Crippen molar-refractivity contribution in [3.63, 3.8) is 0 Å². The van der Waals surface area contributed by atoms with Crippen LogP contribution >= 0.6 is 34.7 Å². The van der Waals surface area contributed by atoms with E-state index in [0.29, 0.717) is 18.1 Å². The highest BCUT2D eigenvalue weighted by atomic mass is 35.5. The first-order valence-corrected chi connectivity index (χ1v) is 10.2. The van der Waals surface area contributed by atoms with Crippen LogP contribution in [-0.4, -0.2) is 16.5 Å². The van der Waals surface area contributed by atoms with E-state index >= 15 is 0 Å². The molecule has 0 saturated carbocycles. The molecule has 3 rings (SSSR count). The summed E-state index contributed by atoms with van der Waals surface area (Å²) in [6.45, 7) is 2.46. The fourth-order valence-electron chi connectivity index (χ4n) is 2.57. The van der Waals surface area contributed by atoms with Crippen molar-refractivity contribution in [2.75, 3.05) is 6.61 Å². The van der Waals surface area contributed by atoms with Crippen LogP contribution in [0.3, 0.4) is 0 Å². The third kappa shape index (κ3) is 5.08. The van der Waals surface area contributed by atoms with Gasteiger partial charge in [-0.15, -0.1) is 0 Å². The molecule has 2 aromatic carbocycles. The summed E-state index contributed by atoms with van der Waals surface area (Å²) in [5.41, 5.74) is -0.346. The molecule has 28 heavy (non-hydrogen) atoms. The molecule has 8 heteroatoms. The first kappa shape index (κ1) is 20.7. The topological polar surface area (TPSA) is 49.7 Å². The molecule has 0 amide bonds. The standard InChI is InChI=1S/C20H19Cl2NO4S/c1-2-25-20(26-15-9-5-3-6-10-15,27-16-11-7-4-8-12-16)13-14-23-19(24)17(21)18(22)28-23/h3-12H,2,13-14H2,1H3. The molecule has 0 saturated heterocycles. The zero-order valence-electron chi connectivity index (χ0n) is 15.1. The van der Waals surface area contributed by atoms with Gasteiger partial charge in [-0.3, -0.25) is 8.75 Å². The molecule has 0 aliphatic rings. The molecule has 1 aromatic heterocycles. The molecule has 0 fully saturated rings. The molecular weight excluding hydrogens is 421 g/mol. The van der Waals surface area contributed by atoms with E-state index in [-0.39, 0.29) is 27.9 Å². The van der Waals surface area contributed by atoms with Crippen LogP contribution in [0.4, 0.5) is 0 Å². The molecule has 0 N–H and O–H groups in total. The van der Waals surface area contributed by atoms with Crippen molar-refractivity contribution in [2.45, 2.75) is 25.9 Å². The minimum Gasteiger partial charge on any atom is -0.430 e. The zero-order valence-corrected chi connectivity index (χ0v) is 17.5. The largest absolute Gasteiger partial charge is 0.430 e. The number of hydrogen-bond acceptors (Lipinski definition) is 5. The van der Waals surface area contributed by atoms with E-state index in [2.05, 4.69) is 0 Å². The second-order valence-corrected chi connectivity index (χ2v) is 7.79. The number of nitrogens with zero attached hydrogens (tertiary/aromatic N) is 1. The maximum atomic E-state index is 12.2. The van der Waals surface area contributed by atoms with Gasteiger partial charge >= 0.3 is 5.97 Å². The molecule has 3 aromatic rings. The normalized spacial score (nSPS) is 11.4. The average Bonchev–Trinajstić information content (AvgIpc) is 2.95. The van der Waals surface area contributed by atoms with Crippen LogP contribution in [-0.2, 0) is 11.3 Å². The van der Waals surface area contributed by atoms with Gasteiger partial charge in [-0.05, 0) is 42.7 Å². The Labute approximate surface area is 177 Å². The van der Waals surface area contributed by atoms with E-state index in [1.165, 1.54) is 3.96 Å². The molecule has 148 valence electrons. The number of rotatable bonds is 9. The minimum absolute atomic E-state index is 0.0154. The van der Waals surface area contributed by atoms with Gasteiger partial charge < -0.3 is 14.2 Å². The van der Waals surface area contributed by atoms with Crippen molar-refractivity contribution >= 4 is 34.7 Å². The summed E-state index contributed by atoms with van der Waals surface area (Å²) in [5, 5.41) is 0.0154. The summed E-state index contributed by atoms with van der Waals surface area (Å²) in [4.78, 5) is 12.2. The predicted octanol–water partition coefficient (Wildman–Crippen LogP) is 5.46. The lowest BCUT2D eigenvalue weighted by Gasteiger charge is -2.33. The molecule has 0 atom stereocenters. The van der Waals surface area contributed by atoms with Gasteiger partial charge in [-0.25, -0.2) is 0 Å². The Bertz CT molecular complexity index is 902. The number of aryl methyl sites for hydroxylation is 1. The van der Waals surface area contributed by atoms with E-state index in [4.69, 9.17) is 37.4 Å². The van der Waals surface area contributed by atoms with Crippen molar-refractivity contribution in [1.82, 2.24) is 3.96 Å². The number of halogens is 2. The van der Waals surface area contributed by atoms with Crippen LogP contribution in [0.1, 0.15) is 13.3 Å². The van der Waals surface area contributed by atoms with Gasteiger partial charge in [-0.2, -0.15) is 0 Å². The molecule has 0 radical (unpaired) electrons. The molecule has 0 aliphatic carbocycles. The van der Waals surface area contributed by atoms with Crippen LogP contribution in [0.15, 0.2) is 65.5 Å². The summed E-state index contributed by atoms with van der Waals surface area (Å²) in [6.07, 6.45) is 0.234. The van der Waals surface area contributed by atoms with Gasteiger partial charge in [0.25, 0.3) is 5.56 Å². The Hall–Kier alpha value is -1.99. The summed E-state index contributed by atoms with van der Waals surface area (Å²) >= 11 is 13.0. The SMILES string of the molecule is CCOC(CCn1sc(Cl)c(Cl)c1=O)(Oc1ccccc1)Oc1ccccc1. The molecule has 5 nitrogen and oxygen atoms in total. The fraction of sp³-hybridized carbons (Fsp3) is 0.250. The summed E-state index contributed by atoms with van der Waals surface area (Å²) < 4.78 is 19.9. The predicted molar refractivity (Wildman–Crippen MR) is 112 cm³/mol. The summed E-state index contributed by atoms with van der Waals surface area (Å²) in [5.74, 6) is -0.261. The zero-order chi connectivity index (χ0) is 20.0. The molecule has 1 heterocycles. The van der Waals surface area contributed by atoms with Crippen LogP contribution < -0.4 is 15.0 Å². The van der Waals surface area contributed by atoms with Crippen molar-refractivity contribution in [2.24, 2.45) is 0 Å². The van der Waals surface area contributed by atoms with E-state index in [9.17, 15) is 4.79 Å². The molecule has 0 unspecified atom stereocenters. The van der Waals surface area contributed by atoms with Gasteiger partial charge in [0.1, 0.15) is 20.9 Å². The molecule has 0 spiro atoms. The lowest BCUT2D eigenvalue weighted by Crippen LogP contribution is -2.46. The Morgan fingerprint density at radius 2 is 1.50 bits per heavy atom.